The summed E-state index contributed by atoms with van der Waals surface area (Å²) in [4.78, 5) is 23.9. The topological polar surface area (TPSA) is 103 Å². The Hall–Kier alpha value is -2.35. The number of nitrogens with zero attached hydrogens (tertiary/aromatic N) is 3. The lowest BCUT2D eigenvalue weighted by Gasteiger charge is -2.18. The number of carbonyl (C=O) groups excluding carboxylic acids is 2. The molecular weight excluding hydrogens is 314 g/mol. The van der Waals surface area contributed by atoms with Gasteiger partial charge in [0, 0.05) is 5.56 Å². The lowest BCUT2D eigenvalue weighted by Crippen LogP contribution is -2.32. The van der Waals surface area contributed by atoms with Crippen molar-refractivity contribution in [2.75, 3.05) is 11.6 Å². The zero-order chi connectivity index (χ0) is 17.0. The van der Waals surface area contributed by atoms with Crippen LogP contribution in [0.2, 0.25) is 0 Å². The minimum Gasteiger partial charge on any atom is -0.336 e. The lowest BCUT2D eigenvalue weighted by molar-refractivity contribution is -0.117. The summed E-state index contributed by atoms with van der Waals surface area (Å²) >= 11 is 1.10. The zero-order valence-electron chi connectivity index (χ0n) is 13.2. The number of hydrogen-bond donors (Lipinski definition) is 2. The highest BCUT2D eigenvalue weighted by Gasteiger charge is 2.16. The molecule has 122 valence electrons. The molecule has 1 aromatic heterocycles. The van der Waals surface area contributed by atoms with Gasteiger partial charge >= 0.3 is 0 Å². The number of nitrogens with two attached hydrogens (primary N) is 1. The van der Waals surface area contributed by atoms with E-state index in [2.05, 4.69) is 36.3 Å². The maximum Gasteiger partial charge on any atom is 0.257 e. The monoisotopic (exact) mass is 333 g/mol. The van der Waals surface area contributed by atoms with Crippen molar-refractivity contribution >= 4 is 23.6 Å². The number of nitrogens with one attached hydrogen (secondary N) is 1. The summed E-state index contributed by atoms with van der Waals surface area (Å²) in [5.41, 5.74) is 1.58. The molecule has 2 amide bonds. The van der Waals surface area contributed by atoms with Crippen LogP contribution in [-0.2, 0) is 10.2 Å². The summed E-state index contributed by atoms with van der Waals surface area (Å²) in [6, 6.07) is 7.22. The number of imide groups is 1. The summed E-state index contributed by atoms with van der Waals surface area (Å²) in [5.74, 6) is 4.73. The molecule has 0 bridgehead atoms. The van der Waals surface area contributed by atoms with Crippen LogP contribution in [0.25, 0.3) is 0 Å². The average molecular weight is 333 g/mol. The third-order valence-corrected chi connectivity index (χ3v) is 4.10. The molecule has 0 aliphatic carbocycles. The second-order valence-corrected chi connectivity index (χ2v) is 6.96. The maximum atomic E-state index is 12.0. The van der Waals surface area contributed by atoms with Gasteiger partial charge in [0.25, 0.3) is 5.91 Å². The standard InChI is InChI=1S/C15H19N5O2S/c1-15(2,3)11-6-4-10(5-7-11)13(22)18-12(21)8-23-14-19-17-9-20(14)16/h4-7,9H,8,16H2,1-3H3,(H,18,21,22). The van der Waals surface area contributed by atoms with E-state index in [1.54, 1.807) is 12.1 Å². The number of aromatic nitrogens is 3. The van der Waals surface area contributed by atoms with E-state index < -0.39 is 11.8 Å². The van der Waals surface area contributed by atoms with E-state index in [1.165, 1.54) is 11.0 Å². The Morgan fingerprint density at radius 3 is 2.43 bits per heavy atom. The molecule has 0 radical (unpaired) electrons. The van der Waals surface area contributed by atoms with E-state index >= 15 is 0 Å². The first-order valence-electron chi connectivity index (χ1n) is 7.00. The second-order valence-electron chi connectivity index (χ2n) is 6.01. The summed E-state index contributed by atoms with van der Waals surface area (Å²) in [7, 11) is 0. The number of nitrogen functional groups attached to an aromatic ring is 1. The Labute approximate surface area is 138 Å². The van der Waals surface area contributed by atoms with Crippen molar-refractivity contribution in [2.24, 2.45) is 0 Å². The van der Waals surface area contributed by atoms with Gasteiger partial charge in [-0.05, 0) is 23.1 Å². The fraction of sp³-hybridized carbons (Fsp3) is 0.333. The van der Waals surface area contributed by atoms with Crippen molar-refractivity contribution in [1.29, 1.82) is 0 Å². The van der Waals surface area contributed by atoms with Gasteiger partial charge in [0.2, 0.25) is 11.1 Å². The van der Waals surface area contributed by atoms with Crippen LogP contribution in [0.15, 0.2) is 35.7 Å². The van der Waals surface area contributed by atoms with Crippen molar-refractivity contribution in [3.8, 4) is 0 Å². The molecule has 7 nitrogen and oxygen atoms in total. The van der Waals surface area contributed by atoms with Crippen molar-refractivity contribution in [2.45, 2.75) is 31.3 Å². The summed E-state index contributed by atoms with van der Waals surface area (Å²) < 4.78 is 1.21. The molecule has 1 heterocycles. The minimum absolute atomic E-state index is 0.0135. The van der Waals surface area contributed by atoms with E-state index in [-0.39, 0.29) is 11.2 Å². The number of thioether (sulfide) groups is 1. The van der Waals surface area contributed by atoms with Crippen LogP contribution in [0.4, 0.5) is 0 Å². The largest absolute Gasteiger partial charge is 0.336 e. The highest BCUT2D eigenvalue weighted by Crippen LogP contribution is 2.22. The molecule has 8 heteroatoms. The highest BCUT2D eigenvalue weighted by atomic mass is 32.2. The Morgan fingerprint density at radius 1 is 1.26 bits per heavy atom. The van der Waals surface area contributed by atoms with Crippen molar-refractivity contribution in [3.05, 3.63) is 41.7 Å². The molecule has 0 aliphatic heterocycles. The molecule has 2 aromatic rings. The van der Waals surface area contributed by atoms with Gasteiger partial charge in [-0.2, -0.15) is 0 Å². The van der Waals surface area contributed by atoms with Crippen molar-refractivity contribution in [1.82, 2.24) is 20.2 Å². The van der Waals surface area contributed by atoms with E-state index in [4.69, 9.17) is 5.84 Å². The highest BCUT2D eigenvalue weighted by molar-refractivity contribution is 7.99. The fourth-order valence-electron chi connectivity index (χ4n) is 1.82. The maximum absolute atomic E-state index is 12.0. The number of benzene rings is 1. The smallest absolute Gasteiger partial charge is 0.257 e. The van der Waals surface area contributed by atoms with Gasteiger partial charge in [0.1, 0.15) is 6.33 Å². The Balaban J connectivity index is 1.91. The number of carbonyl (C=O) groups is 2. The average Bonchev–Trinajstić information content (AvgIpc) is 2.89. The SMILES string of the molecule is CC(C)(C)c1ccc(C(=O)NC(=O)CSc2nncn2N)cc1. The van der Waals surface area contributed by atoms with Crippen LogP contribution < -0.4 is 11.2 Å². The first kappa shape index (κ1) is 17.0. The number of rotatable bonds is 4. The molecule has 2 rings (SSSR count). The number of amides is 2. The normalized spacial score (nSPS) is 11.3. The molecule has 0 aliphatic rings. The zero-order valence-corrected chi connectivity index (χ0v) is 14.1. The third kappa shape index (κ3) is 4.56. The Kier molecular flexibility index (Phi) is 5.05. The summed E-state index contributed by atoms with van der Waals surface area (Å²) in [5, 5.41) is 10.1. The van der Waals surface area contributed by atoms with E-state index in [9.17, 15) is 9.59 Å². The van der Waals surface area contributed by atoms with Crippen LogP contribution in [0.1, 0.15) is 36.7 Å². The lowest BCUT2D eigenvalue weighted by atomic mass is 9.87. The summed E-state index contributed by atoms with van der Waals surface area (Å²) in [6.07, 6.45) is 1.34. The predicted molar refractivity (Wildman–Crippen MR) is 88.5 cm³/mol. The van der Waals surface area contributed by atoms with E-state index in [0.717, 1.165) is 17.3 Å². The molecule has 0 saturated heterocycles. The van der Waals surface area contributed by atoms with Gasteiger partial charge in [0.15, 0.2) is 0 Å². The molecule has 0 atom stereocenters. The minimum atomic E-state index is -0.426. The third-order valence-electron chi connectivity index (χ3n) is 3.14. The van der Waals surface area contributed by atoms with Crippen molar-refractivity contribution in [3.63, 3.8) is 0 Å². The molecule has 3 N–H and O–H groups in total. The van der Waals surface area contributed by atoms with Gasteiger partial charge in [-0.25, -0.2) is 4.68 Å². The molecule has 1 aromatic carbocycles. The van der Waals surface area contributed by atoms with Crippen LogP contribution in [0.3, 0.4) is 0 Å². The molecule has 0 saturated carbocycles. The van der Waals surface area contributed by atoms with Crippen LogP contribution in [-0.4, -0.2) is 32.4 Å². The Bertz CT molecular complexity index is 703. The van der Waals surface area contributed by atoms with Crippen LogP contribution in [0, 0.1) is 0 Å². The first-order valence-corrected chi connectivity index (χ1v) is 7.98. The van der Waals surface area contributed by atoms with Gasteiger partial charge in [-0.1, -0.05) is 44.7 Å². The van der Waals surface area contributed by atoms with E-state index in [1.807, 2.05) is 12.1 Å². The molecule has 0 fully saturated rings. The molecule has 0 spiro atoms. The van der Waals surface area contributed by atoms with Crippen molar-refractivity contribution < 1.29 is 9.59 Å². The first-order chi connectivity index (χ1) is 10.8. The quantitative estimate of drug-likeness (QED) is 0.646. The predicted octanol–water partition coefficient (Wildman–Crippen LogP) is 1.34. The van der Waals surface area contributed by atoms with Gasteiger partial charge < -0.3 is 5.84 Å². The van der Waals surface area contributed by atoms with Gasteiger partial charge in [-0.3, -0.25) is 14.9 Å². The Morgan fingerprint density at radius 2 is 1.91 bits per heavy atom. The fourth-order valence-corrected chi connectivity index (χ4v) is 2.46. The van der Waals surface area contributed by atoms with Crippen LogP contribution >= 0.6 is 11.8 Å². The van der Waals surface area contributed by atoms with Crippen LogP contribution in [0.5, 0.6) is 0 Å². The number of hydrogen-bond acceptors (Lipinski definition) is 6. The van der Waals surface area contributed by atoms with Gasteiger partial charge in [0.05, 0.1) is 5.75 Å². The van der Waals surface area contributed by atoms with E-state index in [0.29, 0.717) is 10.7 Å². The second kappa shape index (κ2) is 6.82. The summed E-state index contributed by atoms with van der Waals surface area (Å²) in [6.45, 7) is 6.29. The van der Waals surface area contributed by atoms with Gasteiger partial charge in [-0.15, -0.1) is 10.2 Å². The molecular formula is C15H19N5O2S. The molecule has 23 heavy (non-hydrogen) atoms. The molecule has 0 unspecified atom stereocenters.